The van der Waals surface area contributed by atoms with Crippen LogP contribution in [0.15, 0.2) is 22.7 Å². The number of benzene rings is 1. The van der Waals surface area contributed by atoms with Crippen molar-refractivity contribution in [2.24, 2.45) is 5.92 Å². The van der Waals surface area contributed by atoms with E-state index < -0.39 is 0 Å². The predicted octanol–water partition coefficient (Wildman–Crippen LogP) is 3.52. The second-order valence-corrected chi connectivity index (χ2v) is 6.75. The number of aromatic nitrogens is 1. The van der Waals surface area contributed by atoms with Gasteiger partial charge in [-0.25, -0.2) is 0 Å². The Hall–Kier alpha value is -0.800. The summed E-state index contributed by atoms with van der Waals surface area (Å²) in [5.74, 6) is 1.61. The lowest BCUT2D eigenvalue weighted by Crippen LogP contribution is -2.18. The van der Waals surface area contributed by atoms with Gasteiger partial charge < -0.3 is 9.88 Å². The van der Waals surface area contributed by atoms with Gasteiger partial charge in [0.05, 0.1) is 0 Å². The van der Waals surface area contributed by atoms with E-state index in [4.69, 9.17) is 0 Å². The van der Waals surface area contributed by atoms with Crippen LogP contribution in [0.1, 0.15) is 23.6 Å². The Morgan fingerprint density at radius 1 is 1.33 bits per heavy atom. The first-order valence-electron chi connectivity index (χ1n) is 6.71. The Morgan fingerprint density at radius 2 is 2.22 bits per heavy atom. The largest absolute Gasteiger partial charge is 0.358 e. The van der Waals surface area contributed by atoms with Crippen molar-refractivity contribution < 1.29 is 0 Å². The number of nitrogens with zero attached hydrogens (tertiary/aromatic N) is 1. The highest BCUT2D eigenvalue weighted by atomic mass is 79.9. The topological polar surface area (TPSA) is 19.0 Å². The number of fused-ring (bicyclic) bond motifs is 5. The number of hydrogen-bond donors (Lipinski definition) is 1. The highest BCUT2D eigenvalue weighted by molar-refractivity contribution is 9.10. The minimum atomic E-state index is 0.744. The molecule has 1 N–H and O–H groups in total. The lowest BCUT2D eigenvalue weighted by molar-refractivity contribution is 0.386. The normalized spacial score (nSPS) is 27.4. The Morgan fingerprint density at radius 3 is 3.11 bits per heavy atom. The predicted molar refractivity (Wildman–Crippen MR) is 78.0 cm³/mol. The van der Waals surface area contributed by atoms with Crippen molar-refractivity contribution in [3.05, 3.63) is 33.9 Å². The van der Waals surface area contributed by atoms with E-state index in [0.717, 1.165) is 16.3 Å². The molecule has 2 atom stereocenters. The van der Waals surface area contributed by atoms with Gasteiger partial charge in [-0.2, -0.15) is 0 Å². The fourth-order valence-electron chi connectivity index (χ4n) is 3.90. The van der Waals surface area contributed by atoms with Crippen LogP contribution in [0.3, 0.4) is 0 Å². The average molecular weight is 305 g/mol. The maximum atomic E-state index is 3.64. The SMILES string of the molecule is CN1C[C@@H]2CCc3[nH]c4cc(Br)ccc4c3[C@@H]2C1. The molecule has 1 aliphatic heterocycles. The Bertz CT molecular complexity index is 616. The number of aryl methyl sites for hydroxylation is 1. The molecule has 1 aromatic heterocycles. The average Bonchev–Trinajstić information content (AvgIpc) is 2.86. The second-order valence-electron chi connectivity index (χ2n) is 5.83. The zero-order chi connectivity index (χ0) is 12.3. The van der Waals surface area contributed by atoms with Crippen molar-refractivity contribution in [1.82, 2.24) is 9.88 Å². The fourth-order valence-corrected chi connectivity index (χ4v) is 4.27. The minimum absolute atomic E-state index is 0.744. The summed E-state index contributed by atoms with van der Waals surface area (Å²) in [6.45, 7) is 2.49. The van der Waals surface area contributed by atoms with Crippen LogP contribution in [-0.2, 0) is 6.42 Å². The molecule has 0 saturated carbocycles. The highest BCUT2D eigenvalue weighted by Gasteiger charge is 2.37. The Kier molecular flexibility index (Phi) is 2.36. The molecule has 2 aromatic rings. The number of halogens is 1. The molecule has 0 bridgehead atoms. The summed E-state index contributed by atoms with van der Waals surface area (Å²) in [5.41, 5.74) is 4.39. The Labute approximate surface area is 115 Å². The first-order chi connectivity index (χ1) is 8.72. The van der Waals surface area contributed by atoms with Crippen LogP contribution < -0.4 is 0 Å². The summed E-state index contributed by atoms with van der Waals surface area (Å²) in [5, 5.41) is 1.44. The smallest absolute Gasteiger partial charge is 0.0470 e. The minimum Gasteiger partial charge on any atom is -0.358 e. The number of likely N-dealkylation sites (tertiary alicyclic amines) is 1. The standard InChI is InChI=1S/C15H17BrN2/c1-18-7-9-2-5-13-15(12(9)8-18)11-4-3-10(16)6-14(11)17-13/h3-4,6,9,12,17H,2,5,7-8H2,1H3/t9-,12+/m0/s1. The molecule has 1 aliphatic carbocycles. The van der Waals surface area contributed by atoms with Gasteiger partial charge >= 0.3 is 0 Å². The third-order valence-electron chi connectivity index (χ3n) is 4.64. The molecule has 2 heterocycles. The van der Waals surface area contributed by atoms with Crippen molar-refractivity contribution in [3.63, 3.8) is 0 Å². The van der Waals surface area contributed by atoms with Gasteiger partial charge in [0.25, 0.3) is 0 Å². The van der Waals surface area contributed by atoms with Crippen molar-refractivity contribution in [3.8, 4) is 0 Å². The van der Waals surface area contributed by atoms with Crippen molar-refractivity contribution in [2.75, 3.05) is 20.1 Å². The van der Waals surface area contributed by atoms with Gasteiger partial charge in [-0.15, -0.1) is 0 Å². The summed E-state index contributed by atoms with van der Waals surface area (Å²) < 4.78 is 1.16. The van der Waals surface area contributed by atoms with Gasteiger partial charge in [0.2, 0.25) is 0 Å². The molecular formula is C15H17BrN2. The molecule has 2 aliphatic rings. The lowest BCUT2D eigenvalue weighted by atomic mass is 9.79. The van der Waals surface area contributed by atoms with Crippen LogP contribution in [0, 0.1) is 5.92 Å². The van der Waals surface area contributed by atoms with Crippen LogP contribution in [0.25, 0.3) is 10.9 Å². The van der Waals surface area contributed by atoms with E-state index in [0.29, 0.717) is 0 Å². The molecule has 2 nitrogen and oxygen atoms in total. The van der Waals surface area contributed by atoms with E-state index in [-0.39, 0.29) is 0 Å². The quantitative estimate of drug-likeness (QED) is 0.789. The molecule has 4 rings (SSSR count). The molecule has 0 amide bonds. The zero-order valence-electron chi connectivity index (χ0n) is 10.5. The lowest BCUT2D eigenvalue weighted by Gasteiger charge is -2.24. The number of likely N-dealkylation sites (N-methyl/N-ethyl adjacent to an activating group) is 1. The van der Waals surface area contributed by atoms with Gasteiger partial charge in [-0.1, -0.05) is 22.0 Å². The summed E-state index contributed by atoms with van der Waals surface area (Å²) in [6.07, 6.45) is 2.56. The van der Waals surface area contributed by atoms with Crippen molar-refractivity contribution >= 4 is 26.8 Å². The maximum absolute atomic E-state index is 3.64. The summed E-state index contributed by atoms with van der Waals surface area (Å²) in [6, 6.07) is 6.65. The van der Waals surface area contributed by atoms with Crippen LogP contribution >= 0.6 is 15.9 Å². The second kappa shape index (κ2) is 3.84. The zero-order valence-corrected chi connectivity index (χ0v) is 12.1. The molecule has 18 heavy (non-hydrogen) atoms. The van der Waals surface area contributed by atoms with E-state index in [1.165, 1.54) is 42.5 Å². The van der Waals surface area contributed by atoms with Gasteiger partial charge in [0.1, 0.15) is 0 Å². The molecule has 0 radical (unpaired) electrons. The molecule has 1 fully saturated rings. The number of hydrogen-bond acceptors (Lipinski definition) is 1. The van der Waals surface area contributed by atoms with Crippen LogP contribution in [0.4, 0.5) is 0 Å². The summed E-state index contributed by atoms with van der Waals surface area (Å²) in [7, 11) is 2.25. The van der Waals surface area contributed by atoms with Gasteiger partial charge in [0, 0.05) is 40.1 Å². The molecule has 0 spiro atoms. The number of rotatable bonds is 0. The van der Waals surface area contributed by atoms with E-state index in [1.54, 1.807) is 5.56 Å². The van der Waals surface area contributed by atoms with Gasteiger partial charge in [-0.05, 0) is 43.5 Å². The molecule has 0 unspecified atom stereocenters. The fraction of sp³-hybridized carbons (Fsp3) is 0.467. The van der Waals surface area contributed by atoms with E-state index in [1.807, 2.05) is 0 Å². The molecular weight excluding hydrogens is 288 g/mol. The number of nitrogens with one attached hydrogen (secondary N) is 1. The monoisotopic (exact) mass is 304 g/mol. The third kappa shape index (κ3) is 1.50. The molecule has 1 saturated heterocycles. The summed E-state index contributed by atoms with van der Waals surface area (Å²) >= 11 is 3.56. The van der Waals surface area contributed by atoms with Crippen molar-refractivity contribution in [1.29, 1.82) is 0 Å². The van der Waals surface area contributed by atoms with Gasteiger partial charge in [-0.3, -0.25) is 0 Å². The van der Waals surface area contributed by atoms with Gasteiger partial charge in [0.15, 0.2) is 0 Å². The third-order valence-corrected chi connectivity index (χ3v) is 5.14. The van der Waals surface area contributed by atoms with E-state index >= 15 is 0 Å². The van der Waals surface area contributed by atoms with Crippen LogP contribution in [0.2, 0.25) is 0 Å². The first kappa shape index (κ1) is 11.1. The van der Waals surface area contributed by atoms with E-state index in [9.17, 15) is 0 Å². The first-order valence-corrected chi connectivity index (χ1v) is 7.50. The number of aromatic amines is 1. The molecule has 3 heteroatoms. The van der Waals surface area contributed by atoms with Crippen molar-refractivity contribution in [2.45, 2.75) is 18.8 Å². The maximum Gasteiger partial charge on any atom is 0.0470 e. The van der Waals surface area contributed by atoms with E-state index in [2.05, 4.69) is 51.1 Å². The Balaban J connectivity index is 1.93. The molecule has 94 valence electrons. The molecule has 1 aromatic carbocycles. The summed E-state index contributed by atoms with van der Waals surface area (Å²) in [4.78, 5) is 6.12. The van der Waals surface area contributed by atoms with Crippen LogP contribution in [0.5, 0.6) is 0 Å². The van der Waals surface area contributed by atoms with Crippen LogP contribution in [-0.4, -0.2) is 30.0 Å². The highest BCUT2D eigenvalue weighted by Crippen LogP contribution is 2.44. The number of H-pyrrole nitrogens is 1.